The number of benzene rings is 2. The van der Waals surface area contributed by atoms with Crippen molar-refractivity contribution >= 4 is 32.1 Å². The second kappa shape index (κ2) is 7.39. The molecule has 0 saturated carbocycles. The number of aromatic amines is 1. The van der Waals surface area contributed by atoms with Crippen LogP contribution in [0.3, 0.4) is 0 Å². The molecule has 1 aromatic heterocycles. The van der Waals surface area contributed by atoms with Crippen LogP contribution < -0.4 is 10.5 Å². The number of sulfone groups is 1. The van der Waals surface area contributed by atoms with Crippen molar-refractivity contribution in [2.24, 2.45) is 0 Å². The van der Waals surface area contributed by atoms with E-state index in [1.807, 2.05) is 0 Å². The average Bonchev–Trinajstić information content (AvgIpc) is 2.65. The number of nitro groups is 1. The monoisotopic (exact) mass is 402 g/mol. The Labute approximate surface area is 160 Å². The van der Waals surface area contributed by atoms with Crippen molar-refractivity contribution in [3.05, 3.63) is 68.8 Å². The Morgan fingerprint density at radius 2 is 1.89 bits per heavy atom. The van der Waals surface area contributed by atoms with E-state index < -0.39 is 20.4 Å². The van der Waals surface area contributed by atoms with E-state index in [0.29, 0.717) is 23.3 Å². The van der Waals surface area contributed by atoms with Crippen LogP contribution in [0.4, 0.5) is 11.4 Å². The lowest BCUT2D eigenvalue weighted by atomic mass is 10.2. The molecule has 2 aromatic carbocycles. The number of nitrogens with one attached hydrogen (secondary N) is 1. The zero-order valence-corrected chi connectivity index (χ0v) is 16.1. The first kappa shape index (κ1) is 19.5. The number of H-pyrrole nitrogens is 1. The molecule has 0 radical (unpaired) electrons. The van der Waals surface area contributed by atoms with Crippen molar-refractivity contribution in [1.29, 1.82) is 0 Å². The minimum absolute atomic E-state index is 0.0740. The normalized spacial score (nSPS) is 11.5. The maximum atomic E-state index is 12.3. The molecule has 1 N–H and O–H groups in total. The maximum Gasteiger partial charge on any atom is 0.311 e. The van der Waals surface area contributed by atoms with E-state index in [4.69, 9.17) is 0 Å². The molecular formula is C18H18N4O5S. The quantitative estimate of drug-likeness (QED) is 0.495. The van der Waals surface area contributed by atoms with Crippen LogP contribution in [0.25, 0.3) is 10.9 Å². The van der Waals surface area contributed by atoms with E-state index in [-0.39, 0.29) is 22.7 Å². The summed E-state index contributed by atoms with van der Waals surface area (Å²) in [5.41, 5.74) is -0.144. The Bertz CT molecular complexity index is 1220. The Morgan fingerprint density at radius 1 is 1.18 bits per heavy atom. The van der Waals surface area contributed by atoms with Crippen molar-refractivity contribution < 1.29 is 13.3 Å². The summed E-state index contributed by atoms with van der Waals surface area (Å²) in [5, 5.41) is 12.1. The first-order valence-electron chi connectivity index (χ1n) is 8.42. The Balaban J connectivity index is 2.10. The summed E-state index contributed by atoms with van der Waals surface area (Å²) < 4.78 is 24.0. The molecule has 0 fully saturated rings. The summed E-state index contributed by atoms with van der Waals surface area (Å²) in [6.07, 6.45) is 0.928. The number of aromatic nitrogens is 2. The summed E-state index contributed by atoms with van der Waals surface area (Å²) in [5.74, 6) is 0.324. The standard InChI is InChI=1S/C18H18N4O5S/c1-3-21(11-16-19-13-8-5-4-7-12(13)18(23)20-16)14-9-6-10-15(28(2,26)27)17(14)22(24)25/h4-10H,3,11H2,1-2H3,(H,19,20,23). The van der Waals surface area contributed by atoms with Crippen LogP contribution in [0.15, 0.2) is 52.2 Å². The Kier molecular flexibility index (Phi) is 5.14. The largest absolute Gasteiger partial charge is 0.359 e. The van der Waals surface area contributed by atoms with Gasteiger partial charge in [-0.05, 0) is 31.2 Å². The van der Waals surface area contributed by atoms with Crippen LogP contribution in [-0.4, -0.2) is 36.1 Å². The van der Waals surface area contributed by atoms with E-state index in [2.05, 4.69) is 9.97 Å². The lowest BCUT2D eigenvalue weighted by Crippen LogP contribution is -2.26. The highest BCUT2D eigenvalue weighted by molar-refractivity contribution is 7.90. The summed E-state index contributed by atoms with van der Waals surface area (Å²) in [4.78, 5) is 31.5. The minimum atomic E-state index is -3.79. The zero-order chi connectivity index (χ0) is 20.5. The number of rotatable bonds is 6. The van der Waals surface area contributed by atoms with E-state index in [1.54, 1.807) is 36.1 Å². The molecule has 1 heterocycles. The molecule has 3 rings (SSSR count). The van der Waals surface area contributed by atoms with Gasteiger partial charge in [0.25, 0.3) is 5.56 Å². The van der Waals surface area contributed by atoms with Crippen LogP contribution in [0.5, 0.6) is 0 Å². The molecule has 146 valence electrons. The SMILES string of the molecule is CCN(Cc1nc2ccccc2c(=O)[nH]1)c1cccc(S(C)(=O)=O)c1[N+](=O)[O-]. The summed E-state index contributed by atoms with van der Waals surface area (Å²) in [6, 6.07) is 11.0. The van der Waals surface area contributed by atoms with Gasteiger partial charge in [-0.15, -0.1) is 0 Å². The van der Waals surface area contributed by atoms with Gasteiger partial charge in [0, 0.05) is 12.8 Å². The number of fused-ring (bicyclic) bond motifs is 1. The molecule has 0 unspecified atom stereocenters. The predicted octanol–water partition coefficient (Wildman–Crippen LogP) is 2.26. The molecule has 0 saturated heterocycles. The van der Waals surface area contributed by atoms with Gasteiger partial charge in [0.1, 0.15) is 16.4 Å². The van der Waals surface area contributed by atoms with E-state index in [0.717, 1.165) is 6.26 Å². The molecule has 3 aromatic rings. The zero-order valence-electron chi connectivity index (χ0n) is 15.2. The lowest BCUT2D eigenvalue weighted by molar-refractivity contribution is -0.387. The summed E-state index contributed by atoms with van der Waals surface area (Å²) >= 11 is 0. The van der Waals surface area contributed by atoms with Crippen molar-refractivity contribution in [1.82, 2.24) is 9.97 Å². The molecule has 0 aliphatic heterocycles. The number of hydrogen-bond acceptors (Lipinski definition) is 7. The molecule has 0 aliphatic carbocycles. The summed E-state index contributed by atoms with van der Waals surface area (Å²) in [7, 11) is -3.79. The second-order valence-electron chi connectivity index (χ2n) is 6.20. The van der Waals surface area contributed by atoms with Gasteiger partial charge in [0.05, 0.1) is 22.4 Å². The van der Waals surface area contributed by atoms with Gasteiger partial charge in [-0.25, -0.2) is 13.4 Å². The first-order valence-corrected chi connectivity index (χ1v) is 10.3. The second-order valence-corrected chi connectivity index (χ2v) is 8.18. The molecule has 9 nitrogen and oxygen atoms in total. The van der Waals surface area contributed by atoms with Crippen LogP contribution in [0.1, 0.15) is 12.7 Å². The van der Waals surface area contributed by atoms with Gasteiger partial charge < -0.3 is 9.88 Å². The van der Waals surface area contributed by atoms with Gasteiger partial charge in [-0.1, -0.05) is 18.2 Å². The van der Waals surface area contributed by atoms with Crippen molar-refractivity contribution in [3.63, 3.8) is 0 Å². The van der Waals surface area contributed by atoms with Crippen molar-refractivity contribution in [3.8, 4) is 0 Å². The Hall–Kier alpha value is -3.27. The number of anilines is 1. The average molecular weight is 402 g/mol. The van der Waals surface area contributed by atoms with E-state index in [1.165, 1.54) is 18.2 Å². The molecule has 0 atom stereocenters. The smallest absolute Gasteiger partial charge is 0.311 e. The van der Waals surface area contributed by atoms with Gasteiger partial charge in [0.2, 0.25) is 0 Å². The summed E-state index contributed by atoms with van der Waals surface area (Å²) in [6.45, 7) is 2.19. The molecule has 0 spiro atoms. The van der Waals surface area contributed by atoms with Crippen molar-refractivity contribution in [2.45, 2.75) is 18.4 Å². The fourth-order valence-electron chi connectivity index (χ4n) is 3.01. The number of para-hydroxylation sites is 2. The van der Waals surface area contributed by atoms with E-state index in [9.17, 15) is 23.3 Å². The van der Waals surface area contributed by atoms with E-state index >= 15 is 0 Å². The van der Waals surface area contributed by atoms with Crippen LogP contribution >= 0.6 is 0 Å². The van der Waals surface area contributed by atoms with Crippen LogP contribution in [0.2, 0.25) is 0 Å². The fraction of sp³-hybridized carbons (Fsp3) is 0.222. The van der Waals surface area contributed by atoms with Gasteiger partial charge >= 0.3 is 5.69 Å². The highest BCUT2D eigenvalue weighted by Gasteiger charge is 2.28. The Morgan fingerprint density at radius 3 is 2.54 bits per heavy atom. The molecule has 0 aliphatic rings. The topological polar surface area (TPSA) is 126 Å². The third-order valence-corrected chi connectivity index (χ3v) is 5.41. The molecule has 0 bridgehead atoms. The lowest BCUT2D eigenvalue weighted by Gasteiger charge is -2.23. The molecular weight excluding hydrogens is 384 g/mol. The number of nitro benzene ring substituents is 1. The maximum absolute atomic E-state index is 12.3. The van der Waals surface area contributed by atoms with Crippen molar-refractivity contribution in [2.75, 3.05) is 17.7 Å². The predicted molar refractivity (Wildman–Crippen MR) is 105 cm³/mol. The van der Waals surface area contributed by atoms with Crippen LogP contribution in [-0.2, 0) is 16.4 Å². The number of nitrogens with zero attached hydrogens (tertiary/aromatic N) is 3. The molecule has 10 heteroatoms. The van der Waals surface area contributed by atoms with Crippen LogP contribution in [0, 0.1) is 10.1 Å². The molecule has 28 heavy (non-hydrogen) atoms. The number of hydrogen-bond donors (Lipinski definition) is 1. The highest BCUT2D eigenvalue weighted by Crippen LogP contribution is 2.35. The minimum Gasteiger partial charge on any atom is -0.359 e. The first-order chi connectivity index (χ1) is 13.2. The fourth-order valence-corrected chi connectivity index (χ4v) is 3.86. The van der Waals surface area contributed by atoms with Gasteiger partial charge in [-0.2, -0.15) is 0 Å². The van der Waals surface area contributed by atoms with Gasteiger partial charge in [0.15, 0.2) is 9.84 Å². The molecule has 0 amide bonds. The third-order valence-electron chi connectivity index (χ3n) is 4.28. The highest BCUT2D eigenvalue weighted by atomic mass is 32.2. The third kappa shape index (κ3) is 3.72. The van der Waals surface area contributed by atoms with Gasteiger partial charge in [-0.3, -0.25) is 14.9 Å².